The van der Waals surface area contributed by atoms with Crippen LogP contribution in [0, 0.1) is 11.3 Å². The zero-order chi connectivity index (χ0) is 11.6. The van der Waals surface area contributed by atoms with Crippen molar-refractivity contribution in [1.82, 2.24) is 10.2 Å². The maximum absolute atomic E-state index is 8.81. The van der Waals surface area contributed by atoms with Gasteiger partial charge in [0.2, 0.25) is 0 Å². The number of anilines is 1. The Labute approximate surface area is 95.4 Å². The van der Waals surface area contributed by atoms with E-state index in [0.717, 1.165) is 32.6 Å². The summed E-state index contributed by atoms with van der Waals surface area (Å²) in [6.45, 7) is 4.34. The quantitative estimate of drug-likeness (QED) is 0.706. The summed E-state index contributed by atoms with van der Waals surface area (Å²) < 4.78 is 5.34. The first-order chi connectivity index (χ1) is 7.88. The second-order valence-electron chi connectivity index (χ2n) is 3.30. The van der Waals surface area contributed by atoms with Crippen molar-refractivity contribution >= 4 is 5.82 Å². The van der Waals surface area contributed by atoms with E-state index in [-0.39, 0.29) is 0 Å². The van der Waals surface area contributed by atoms with Crippen LogP contribution in [0.1, 0.15) is 25.3 Å². The van der Waals surface area contributed by atoms with Gasteiger partial charge >= 0.3 is 0 Å². The summed E-state index contributed by atoms with van der Waals surface area (Å²) in [6.07, 6.45) is 3.44. The Morgan fingerprint density at radius 2 is 2.38 bits per heavy atom. The minimum atomic E-state index is 0.518. The molecular formula is C11H16N4O. The number of ether oxygens (including phenoxy) is 1. The molecule has 0 atom stereocenters. The van der Waals surface area contributed by atoms with Gasteiger partial charge in [-0.2, -0.15) is 10.4 Å². The fourth-order valence-corrected chi connectivity index (χ4v) is 1.18. The van der Waals surface area contributed by atoms with Gasteiger partial charge < -0.3 is 10.1 Å². The smallest absolute Gasteiger partial charge is 0.166 e. The van der Waals surface area contributed by atoms with Gasteiger partial charge in [-0.25, -0.2) is 0 Å². The second-order valence-corrected chi connectivity index (χ2v) is 3.30. The van der Waals surface area contributed by atoms with Crippen molar-refractivity contribution in [2.45, 2.75) is 19.8 Å². The fraction of sp³-hybridized carbons (Fsp3) is 0.545. The van der Waals surface area contributed by atoms with Gasteiger partial charge in [0.05, 0.1) is 11.8 Å². The highest BCUT2D eigenvalue weighted by Gasteiger charge is 2.01. The summed E-state index contributed by atoms with van der Waals surface area (Å²) >= 11 is 0. The summed E-state index contributed by atoms with van der Waals surface area (Å²) in [5.74, 6) is 0.542. The van der Waals surface area contributed by atoms with Crippen LogP contribution in [-0.2, 0) is 4.74 Å². The Hall–Kier alpha value is -1.67. The first kappa shape index (κ1) is 12.4. The summed E-state index contributed by atoms with van der Waals surface area (Å²) in [4.78, 5) is 0. The highest BCUT2D eigenvalue weighted by Crippen LogP contribution is 2.07. The molecule has 5 heteroatoms. The van der Waals surface area contributed by atoms with E-state index >= 15 is 0 Å². The number of nitrogens with one attached hydrogen (secondary N) is 1. The van der Waals surface area contributed by atoms with Crippen molar-refractivity contribution in [2.24, 2.45) is 0 Å². The fourth-order valence-electron chi connectivity index (χ4n) is 1.18. The lowest BCUT2D eigenvalue weighted by atomic mass is 10.3. The van der Waals surface area contributed by atoms with Crippen LogP contribution in [-0.4, -0.2) is 30.0 Å². The molecule has 1 N–H and O–H groups in total. The molecule has 16 heavy (non-hydrogen) atoms. The molecule has 0 fully saturated rings. The third-order valence-electron chi connectivity index (χ3n) is 1.95. The molecule has 1 rings (SSSR count). The average molecular weight is 220 g/mol. The predicted octanol–water partition coefficient (Wildman–Crippen LogP) is 1.58. The lowest BCUT2D eigenvalue weighted by Crippen LogP contribution is -2.09. The normalized spacial score (nSPS) is 9.75. The number of nitrogens with zero attached hydrogens (tertiary/aromatic N) is 3. The maximum atomic E-state index is 8.81. The minimum Gasteiger partial charge on any atom is -0.381 e. The molecule has 0 spiro atoms. The van der Waals surface area contributed by atoms with Crippen molar-refractivity contribution in [3.63, 3.8) is 0 Å². The molecule has 5 nitrogen and oxygen atoms in total. The molecule has 0 radical (unpaired) electrons. The number of aromatic nitrogens is 2. The number of nitriles is 1. The van der Waals surface area contributed by atoms with Gasteiger partial charge in [-0.05, 0) is 18.9 Å². The van der Waals surface area contributed by atoms with Crippen molar-refractivity contribution in [2.75, 3.05) is 25.1 Å². The molecule has 0 amide bonds. The van der Waals surface area contributed by atoms with Crippen molar-refractivity contribution < 1.29 is 4.74 Å². The minimum absolute atomic E-state index is 0.518. The molecule has 0 aromatic carbocycles. The van der Waals surface area contributed by atoms with E-state index in [1.165, 1.54) is 6.20 Å². The molecule has 1 aromatic rings. The Balaban J connectivity index is 2.24. The standard InChI is InChI=1S/C11H16N4O/c1-2-7-16-8-3-5-13-11-10(9-12)4-6-14-15-11/h4,6H,2-3,5,7-8H2,1H3,(H,13,15). The van der Waals surface area contributed by atoms with E-state index in [2.05, 4.69) is 28.5 Å². The lowest BCUT2D eigenvalue weighted by Gasteiger charge is -2.06. The molecule has 0 aliphatic rings. The molecule has 0 aliphatic heterocycles. The second kappa shape index (κ2) is 7.60. The topological polar surface area (TPSA) is 70.8 Å². The van der Waals surface area contributed by atoms with Crippen LogP contribution < -0.4 is 5.32 Å². The molecule has 1 aromatic heterocycles. The Bertz CT molecular complexity index is 348. The van der Waals surface area contributed by atoms with Crippen LogP contribution in [0.5, 0.6) is 0 Å². The van der Waals surface area contributed by atoms with E-state index in [1.54, 1.807) is 6.07 Å². The van der Waals surface area contributed by atoms with Gasteiger partial charge in [0.15, 0.2) is 5.82 Å². The lowest BCUT2D eigenvalue weighted by molar-refractivity contribution is 0.134. The predicted molar refractivity (Wildman–Crippen MR) is 61.0 cm³/mol. The molecule has 86 valence electrons. The molecule has 0 saturated carbocycles. The summed E-state index contributed by atoms with van der Waals surface area (Å²) in [7, 11) is 0. The first-order valence-corrected chi connectivity index (χ1v) is 5.42. The van der Waals surface area contributed by atoms with E-state index in [4.69, 9.17) is 10.00 Å². The average Bonchev–Trinajstić information content (AvgIpc) is 2.34. The van der Waals surface area contributed by atoms with Gasteiger partial charge in [0.25, 0.3) is 0 Å². The molecular weight excluding hydrogens is 204 g/mol. The van der Waals surface area contributed by atoms with Gasteiger partial charge in [-0.1, -0.05) is 6.92 Å². The molecule has 0 saturated heterocycles. The highest BCUT2D eigenvalue weighted by atomic mass is 16.5. The molecule has 1 heterocycles. The summed E-state index contributed by atoms with van der Waals surface area (Å²) in [6, 6.07) is 3.70. The van der Waals surface area contributed by atoms with Crippen molar-refractivity contribution in [3.8, 4) is 6.07 Å². The van der Waals surface area contributed by atoms with Crippen LogP contribution >= 0.6 is 0 Å². The van der Waals surface area contributed by atoms with Crippen LogP contribution in [0.25, 0.3) is 0 Å². The zero-order valence-electron chi connectivity index (χ0n) is 9.44. The van der Waals surface area contributed by atoms with Crippen LogP contribution in [0.4, 0.5) is 5.82 Å². The van der Waals surface area contributed by atoms with Gasteiger partial charge in [-0.15, -0.1) is 5.10 Å². The summed E-state index contributed by atoms with van der Waals surface area (Å²) in [5, 5.41) is 19.5. The third-order valence-corrected chi connectivity index (χ3v) is 1.95. The van der Waals surface area contributed by atoms with E-state index in [9.17, 15) is 0 Å². The van der Waals surface area contributed by atoms with Crippen molar-refractivity contribution in [3.05, 3.63) is 17.8 Å². The number of hydrogen-bond acceptors (Lipinski definition) is 5. The van der Waals surface area contributed by atoms with Crippen LogP contribution in [0.3, 0.4) is 0 Å². The number of rotatable bonds is 7. The molecule has 0 aliphatic carbocycles. The van der Waals surface area contributed by atoms with Crippen molar-refractivity contribution in [1.29, 1.82) is 5.26 Å². The van der Waals surface area contributed by atoms with Crippen LogP contribution in [0.2, 0.25) is 0 Å². The van der Waals surface area contributed by atoms with E-state index < -0.39 is 0 Å². The third kappa shape index (κ3) is 4.24. The first-order valence-electron chi connectivity index (χ1n) is 5.42. The Morgan fingerprint density at radius 3 is 3.12 bits per heavy atom. The SMILES string of the molecule is CCCOCCCNc1nnccc1C#N. The monoisotopic (exact) mass is 220 g/mol. The van der Waals surface area contributed by atoms with Gasteiger partial charge in [0.1, 0.15) is 6.07 Å². The Kier molecular flexibility index (Phi) is 5.89. The molecule has 0 bridgehead atoms. The van der Waals surface area contributed by atoms with Crippen LogP contribution in [0.15, 0.2) is 12.3 Å². The Morgan fingerprint density at radius 1 is 1.50 bits per heavy atom. The molecule has 0 unspecified atom stereocenters. The maximum Gasteiger partial charge on any atom is 0.166 e. The van der Waals surface area contributed by atoms with E-state index in [1.807, 2.05) is 0 Å². The van der Waals surface area contributed by atoms with Gasteiger partial charge in [-0.3, -0.25) is 0 Å². The van der Waals surface area contributed by atoms with Gasteiger partial charge in [0, 0.05) is 19.8 Å². The summed E-state index contributed by atoms with van der Waals surface area (Å²) in [5.41, 5.74) is 0.518. The zero-order valence-corrected chi connectivity index (χ0v) is 9.44. The highest BCUT2D eigenvalue weighted by molar-refractivity contribution is 5.49. The van der Waals surface area contributed by atoms with E-state index in [0.29, 0.717) is 11.4 Å². The number of hydrogen-bond donors (Lipinski definition) is 1. The largest absolute Gasteiger partial charge is 0.381 e.